The van der Waals surface area contributed by atoms with Crippen molar-refractivity contribution in [3.63, 3.8) is 0 Å². The molecule has 134 valence electrons. The van der Waals surface area contributed by atoms with Crippen LogP contribution < -0.4 is 4.74 Å². The Bertz CT molecular complexity index is 895. The molecule has 0 bridgehead atoms. The van der Waals surface area contributed by atoms with Crippen LogP contribution in [0.3, 0.4) is 0 Å². The lowest BCUT2D eigenvalue weighted by atomic mass is 10.1. The molecule has 0 saturated carbocycles. The van der Waals surface area contributed by atoms with Gasteiger partial charge in [-0.05, 0) is 49.2 Å². The van der Waals surface area contributed by atoms with Crippen molar-refractivity contribution in [3.05, 3.63) is 69.1 Å². The number of halogens is 1. The van der Waals surface area contributed by atoms with Crippen LogP contribution in [0.25, 0.3) is 6.08 Å². The molecule has 1 saturated heterocycles. The maximum absolute atomic E-state index is 12.4. The Morgan fingerprint density at radius 1 is 1.27 bits per heavy atom. The minimum atomic E-state index is -0.0765. The summed E-state index contributed by atoms with van der Waals surface area (Å²) in [6.45, 7) is 4.97. The summed E-state index contributed by atoms with van der Waals surface area (Å²) in [5.41, 5.74) is 3.06. The Balaban J connectivity index is 1.87. The second-order valence-corrected chi connectivity index (χ2v) is 7.94. The molecular weight excluding hydrogens is 386 g/mol. The van der Waals surface area contributed by atoms with E-state index in [1.165, 1.54) is 17.3 Å². The monoisotopic (exact) mass is 403 g/mol. The fraction of sp³-hybridized carbons (Fsp3) is 0.200. The van der Waals surface area contributed by atoms with Gasteiger partial charge in [-0.1, -0.05) is 59.8 Å². The first-order chi connectivity index (χ1) is 12.5. The Morgan fingerprint density at radius 2 is 2.04 bits per heavy atom. The Hall–Kier alpha value is -1.82. The lowest BCUT2D eigenvalue weighted by Gasteiger charge is -2.12. The maximum Gasteiger partial charge on any atom is 0.266 e. The van der Waals surface area contributed by atoms with Crippen molar-refractivity contribution in [1.29, 1.82) is 0 Å². The third-order valence-corrected chi connectivity index (χ3v) is 5.71. The molecule has 0 aliphatic carbocycles. The van der Waals surface area contributed by atoms with Gasteiger partial charge < -0.3 is 4.74 Å². The van der Waals surface area contributed by atoms with Gasteiger partial charge in [0.05, 0.1) is 4.91 Å². The Morgan fingerprint density at radius 3 is 2.73 bits per heavy atom. The van der Waals surface area contributed by atoms with Crippen molar-refractivity contribution < 1.29 is 9.53 Å². The average molecular weight is 404 g/mol. The van der Waals surface area contributed by atoms with Gasteiger partial charge in [-0.15, -0.1) is 0 Å². The zero-order valence-corrected chi connectivity index (χ0v) is 16.9. The number of carbonyl (C=O) groups excluding carboxylic acids is 1. The van der Waals surface area contributed by atoms with Crippen LogP contribution in [0.5, 0.6) is 5.75 Å². The van der Waals surface area contributed by atoms with Gasteiger partial charge in [0.15, 0.2) is 0 Å². The second-order valence-electron chi connectivity index (χ2n) is 5.82. The molecule has 1 heterocycles. The van der Waals surface area contributed by atoms with E-state index in [0.29, 0.717) is 33.1 Å². The summed E-state index contributed by atoms with van der Waals surface area (Å²) in [6, 6.07) is 13.5. The zero-order chi connectivity index (χ0) is 18.7. The Kier molecular flexibility index (Phi) is 6.01. The van der Waals surface area contributed by atoms with Crippen LogP contribution >= 0.6 is 35.6 Å². The highest BCUT2D eigenvalue weighted by atomic mass is 35.5. The van der Waals surface area contributed by atoms with Gasteiger partial charge in [0, 0.05) is 17.1 Å². The third kappa shape index (κ3) is 4.11. The molecule has 0 spiro atoms. The number of ether oxygens (including phenoxy) is 1. The number of aryl methyl sites for hydroxylation is 1. The third-order valence-electron chi connectivity index (χ3n) is 4.09. The van der Waals surface area contributed by atoms with E-state index in [9.17, 15) is 4.79 Å². The number of hydrogen-bond donors (Lipinski definition) is 0. The molecule has 6 heteroatoms. The molecule has 1 aliphatic rings. The van der Waals surface area contributed by atoms with E-state index < -0.39 is 0 Å². The maximum atomic E-state index is 12.4. The number of hydrogen-bond acceptors (Lipinski definition) is 4. The molecule has 0 radical (unpaired) electrons. The van der Waals surface area contributed by atoms with Crippen LogP contribution in [0.15, 0.2) is 47.4 Å². The molecule has 0 atom stereocenters. The van der Waals surface area contributed by atoms with E-state index >= 15 is 0 Å². The van der Waals surface area contributed by atoms with E-state index in [2.05, 4.69) is 13.0 Å². The van der Waals surface area contributed by atoms with Gasteiger partial charge in [-0.3, -0.25) is 9.69 Å². The first kappa shape index (κ1) is 19.0. The molecule has 3 rings (SSSR count). The molecule has 2 aromatic carbocycles. The molecule has 1 amide bonds. The van der Waals surface area contributed by atoms with Gasteiger partial charge in [-0.2, -0.15) is 0 Å². The molecule has 26 heavy (non-hydrogen) atoms. The number of carbonyl (C=O) groups is 1. The molecule has 2 aromatic rings. The van der Waals surface area contributed by atoms with Gasteiger partial charge in [-0.25, -0.2) is 0 Å². The highest BCUT2D eigenvalue weighted by Gasteiger charge is 2.30. The number of rotatable bonds is 5. The zero-order valence-electron chi connectivity index (χ0n) is 14.5. The predicted octanol–water partition coefficient (Wildman–Crippen LogP) is 5.45. The van der Waals surface area contributed by atoms with Gasteiger partial charge in [0.25, 0.3) is 5.91 Å². The van der Waals surface area contributed by atoms with Crippen LogP contribution in [-0.4, -0.2) is 21.7 Å². The first-order valence-corrected chi connectivity index (χ1v) is 9.82. The minimum Gasteiger partial charge on any atom is -0.488 e. The van der Waals surface area contributed by atoms with E-state index in [4.69, 9.17) is 28.6 Å². The lowest BCUT2D eigenvalue weighted by molar-refractivity contribution is -0.121. The summed E-state index contributed by atoms with van der Waals surface area (Å²) < 4.78 is 6.59. The van der Waals surface area contributed by atoms with Gasteiger partial charge in [0.2, 0.25) is 0 Å². The largest absolute Gasteiger partial charge is 0.488 e. The predicted molar refractivity (Wildman–Crippen MR) is 113 cm³/mol. The van der Waals surface area contributed by atoms with Crippen LogP contribution in [0.1, 0.15) is 23.6 Å². The average Bonchev–Trinajstić information content (AvgIpc) is 2.88. The molecule has 0 unspecified atom stereocenters. The van der Waals surface area contributed by atoms with E-state index in [0.717, 1.165) is 11.1 Å². The second kappa shape index (κ2) is 8.25. The summed E-state index contributed by atoms with van der Waals surface area (Å²) in [5.74, 6) is 0.603. The normalized spacial score (nSPS) is 15.8. The lowest BCUT2D eigenvalue weighted by Crippen LogP contribution is -2.27. The van der Waals surface area contributed by atoms with Crippen LogP contribution in [-0.2, 0) is 11.4 Å². The standard InChI is InChI=1S/C20H18ClNO2S2/c1-3-22-19(23)18(26-20(22)25)11-15-10-16(21)8-9-17(15)24-12-14-7-5-4-6-13(14)2/h4-11H,3,12H2,1-2H3/b18-11+. The summed E-state index contributed by atoms with van der Waals surface area (Å²) in [7, 11) is 0. The van der Waals surface area contributed by atoms with Crippen molar-refractivity contribution in [2.75, 3.05) is 6.54 Å². The minimum absolute atomic E-state index is 0.0765. The van der Waals surface area contributed by atoms with E-state index in [1.807, 2.05) is 31.2 Å². The van der Waals surface area contributed by atoms with Crippen molar-refractivity contribution >= 4 is 51.9 Å². The number of likely N-dealkylation sites (N-methyl/N-ethyl adjacent to an activating group) is 1. The van der Waals surface area contributed by atoms with Crippen molar-refractivity contribution in [3.8, 4) is 5.75 Å². The van der Waals surface area contributed by atoms with Crippen molar-refractivity contribution in [1.82, 2.24) is 4.90 Å². The molecule has 1 aliphatic heterocycles. The summed E-state index contributed by atoms with van der Waals surface area (Å²) in [6.07, 6.45) is 1.80. The topological polar surface area (TPSA) is 29.5 Å². The number of thioether (sulfide) groups is 1. The summed E-state index contributed by atoms with van der Waals surface area (Å²) in [5, 5.41) is 0.588. The fourth-order valence-corrected chi connectivity index (χ4v) is 4.16. The Labute approximate surface area is 168 Å². The smallest absolute Gasteiger partial charge is 0.266 e. The number of amides is 1. The molecule has 0 N–H and O–H groups in total. The van der Waals surface area contributed by atoms with E-state index in [1.54, 1.807) is 23.1 Å². The molecule has 0 aromatic heterocycles. The summed E-state index contributed by atoms with van der Waals surface area (Å²) >= 11 is 12.7. The van der Waals surface area contributed by atoms with Gasteiger partial charge >= 0.3 is 0 Å². The van der Waals surface area contributed by atoms with Crippen LogP contribution in [0.4, 0.5) is 0 Å². The SMILES string of the molecule is CCN1C(=O)/C(=C\c2cc(Cl)ccc2OCc2ccccc2C)SC1=S. The fourth-order valence-electron chi connectivity index (χ4n) is 2.60. The summed E-state index contributed by atoms with van der Waals surface area (Å²) in [4.78, 5) is 14.6. The van der Waals surface area contributed by atoms with E-state index in [-0.39, 0.29) is 5.91 Å². The number of thiocarbonyl (C=S) groups is 1. The molecular formula is C20H18ClNO2S2. The quantitative estimate of drug-likeness (QED) is 0.490. The number of nitrogens with zero attached hydrogens (tertiary/aromatic N) is 1. The van der Waals surface area contributed by atoms with Crippen molar-refractivity contribution in [2.45, 2.75) is 20.5 Å². The molecule has 3 nitrogen and oxygen atoms in total. The first-order valence-electron chi connectivity index (χ1n) is 8.22. The van der Waals surface area contributed by atoms with Crippen LogP contribution in [0.2, 0.25) is 5.02 Å². The van der Waals surface area contributed by atoms with Crippen molar-refractivity contribution in [2.24, 2.45) is 0 Å². The highest BCUT2D eigenvalue weighted by Crippen LogP contribution is 2.35. The number of benzene rings is 2. The highest BCUT2D eigenvalue weighted by molar-refractivity contribution is 8.26. The van der Waals surface area contributed by atoms with Crippen LogP contribution in [0, 0.1) is 6.92 Å². The van der Waals surface area contributed by atoms with Gasteiger partial charge in [0.1, 0.15) is 16.7 Å². The molecule has 1 fully saturated rings.